The van der Waals surface area contributed by atoms with Gasteiger partial charge in [-0.15, -0.1) is 0 Å². The van der Waals surface area contributed by atoms with Gasteiger partial charge in [0.15, 0.2) is 4.90 Å². The molecule has 0 aromatic heterocycles. The van der Waals surface area contributed by atoms with Gasteiger partial charge in [0.05, 0.1) is 10.7 Å². The number of nitro groups is 1. The van der Waals surface area contributed by atoms with E-state index < -0.39 is 47.2 Å². The first kappa shape index (κ1) is 18.0. The third-order valence-corrected chi connectivity index (χ3v) is 5.53. The Bertz CT molecular complexity index is 760. The van der Waals surface area contributed by atoms with Crippen LogP contribution in [0.5, 0.6) is 0 Å². The van der Waals surface area contributed by atoms with Crippen molar-refractivity contribution < 1.29 is 21.8 Å². The summed E-state index contributed by atoms with van der Waals surface area (Å²) in [5, 5.41) is 10.9. The number of nitrogens with zero attached hydrogens (tertiary/aromatic N) is 1. The summed E-state index contributed by atoms with van der Waals surface area (Å²) in [5.74, 6) is -0.409. The van der Waals surface area contributed by atoms with Crippen LogP contribution in [0.15, 0.2) is 27.6 Å². The highest BCUT2D eigenvalue weighted by Gasteiger charge is 2.28. The SMILES string of the molecule is CC(CS(C)(=O)=O)NS(=O)(=O)c1cc(Br)ccc1[N+](=O)[O-]. The van der Waals surface area contributed by atoms with Gasteiger partial charge in [-0.05, 0) is 19.1 Å². The van der Waals surface area contributed by atoms with E-state index in [0.717, 1.165) is 18.4 Å². The fourth-order valence-electron chi connectivity index (χ4n) is 1.67. The van der Waals surface area contributed by atoms with Gasteiger partial charge in [-0.1, -0.05) is 15.9 Å². The number of sulfone groups is 1. The third-order valence-electron chi connectivity index (χ3n) is 2.32. The zero-order chi connectivity index (χ0) is 16.4. The molecule has 11 heteroatoms. The summed E-state index contributed by atoms with van der Waals surface area (Å²) in [6, 6.07) is 2.58. The standard InChI is InChI=1S/C10H13BrN2O6S2/c1-7(6-20(2,16)17)12-21(18,19)10-5-8(11)3-4-9(10)13(14)15/h3-5,7,12H,6H2,1-2H3. The molecule has 21 heavy (non-hydrogen) atoms. The molecule has 0 saturated carbocycles. The number of hydrogen-bond donors (Lipinski definition) is 1. The van der Waals surface area contributed by atoms with Crippen molar-refractivity contribution in [3.05, 3.63) is 32.8 Å². The number of nitro benzene ring substituents is 1. The zero-order valence-corrected chi connectivity index (χ0v) is 14.3. The Morgan fingerprint density at radius 3 is 2.38 bits per heavy atom. The molecule has 118 valence electrons. The number of nitrogens with one attached hydrogen (secondary N) is 1. The minimum absolute atomic E-state index is 0.351. The zero-order valence-electron chi connectivity index (χ0n) is 11.1. The molecular formula is C10H13BrN2O6S2. The van der Waals surface area contributed by atoms with Crippen molar-refractivity contribution in [2.24, 2.45) is 0 Å². The molecule has 0 spiro atoms. The second kappa shape index (κ2) is 6.38. The first-order chi connectivity index (χ1) is 9.42. The number of sulfonamides is 1. The van der Waals surface area contributed by atoms with Gasteiger partial charge in [-0.25, -0.2) is 21.6 Å². The molecule has 0 aliphatic rings. The number of benzene rings is 1. The lowest BCUT2D eigenvalue weighted by Gasteiger charge is -2.13. The maximum absolute atomic E-state index is 12.2. The topological polar surface area (TPSA) is 123 Å². The van der Waals surface area contributed by atoms with E-state index in [1.54, 1.807) is 0 Å². The van der Waals surface area contributed by atoms with Crippen molar-refractivity contribution in [2.45, 2.75) is 17.9 Å². The second-order valence-electron chi connectivity index (χ2n) is 4.48. The molecule has 0 aliphatic heterocycles. The normalized spacial score (nSPS) is 13.9. The van der Waals surface area contributed by atoms with Crippen molar-refractivity contribution in [3.63, 3.8) is 0 Å². The van der Waals surface area contributed by atoms with Gasteiger partial charge in [0.25, 0.3) is 5.69 Å². The lowest BCUT2D eigenvalue weighted by Crippen LogP contribution is -2.37. The van der Waals surface area contributed by atoms with Crippen LogP contribution in [0.1, 0.15) is 6.92 Å². The lowest BCUT2D eigenvalue weighted by molar-refractivity contribution is -0.387. The fraction of sp³-hybridized carbons (Fsp3) is 0.400. The quantitative estimate of drug-likeness (QED) is 0.562. The highest BCUT2D eigenvalue weighted by atomic mass is 79.9. The van der Waals surface area contributed by atoms with Gasteiger partial charge in [0.2, 0.25) is 10.0 Å². The Labute approximate surface area is 130 Å². The molecule has 8 nitrogen and oxygen atoms in total. The van der Waals surface area contributed by atoms with E-state index in [9.17, 15) is 26.9 Å². The molecule has 1 aromatic carbocycles. The van der Waals surface area contributed by atoms with Gasteiger partial charge in [0.1, 0.15) is 9.84 Å². The molecule has 0 fully saturated rings. The van der Waals surface area contributed by atoms with Crippen molar-refractivity contribution >= 4 is 41.5 Å². The summed E-state index contributed by atoms with van der Waals surface area (Å²) >= 11 is 3.04. The molecule has 0 saturated heterocycles. The van der Waals surface area contributed by atoms with Crippen LogP contribution >= 0.6 is 15.9 Å². The lowest BCUT2D eigenvalue weighted by atomic mass is 10.3. The number of rotatable bonds is 6. The van der Waals surface area contributed by atoms with E-state index in [1.165, 1.54) is 13.0 Å². The second-order valence-corrected chi connectivity index (χ2v) is 9.27. The molecule has 1 atom stereocenters. The van der Waals surface area contributed by atoms with Crippen LogP contribution in [0, 0.1) is 10.1 Å². The Morgan fingerprint density at radius 1 is 1.33 bits per heavy atom. The summed E-state index contributed by atoms with van der Waals surface area (Å²) in [6.45, 7) is 1.36. The summed E-state index contributed by atoms with van der Waals surface area (Å²) < 4.78 is 49.1. The van der Waals surface area contributed by atoms with Crippen LogP contribution in [-0.4, -0.2) is 39.8 Å². The minimum Gasteiger partial charge on any atom is -0.258 e. The molecule has 1 aromatic rings. The van der Waals surface area contributed by atoms with E-state index >= 15 is 0 Å². The van der Waals surface area contributed by atoms with Crippen molar-refractivity contribution in [2.75, 3.05) is 12.0 Å². The molecule has 0 aliphatic carbocycles. The van der Waals surface area contributed by atoms with Gasteiger partial charge >= 0.3 is 0 Å². The van der Waals surface area contributed by atoms with Gasteiger partial charge in [0, 0.05) is 22.8 Å². The van der Waals surface area contributed by atoms with Gasteiger partial charge in [-0.2, -0.15) is 0 Å². The van der Waals surface area contributed by atoms with Gasteiger partial charge < -0.3 is 0 Å². The third kappa shape index (κ3) is 5.34. The van der Waals surface area contributed by atoms with Crippen molar-refractivity contribution in [1.29, 1.82) is 0 Å². The van der Waals surface area contributed by atoms with E-state index in [0.29, 0.717) is 4.47 Å². The largest absolute Gasteiger partial charge is 0.289 e. The van der Waals surface area contributed by atoms with Gasteiger partial charge in [-0.3, -0.25) is 10.1 Å². The Morgan fingerprint density at radius 2 is 1.90 bits per heavy atom. The molecular weight excluding hydrogens is 388 g/mol. The summed E-state index contributed by atoms with van der Waals surface area (Å²) in [5.41, 5.74) is -0.586. The number of halogens is 1. The molecule has 0 radical (unpaired) electrons. The monoisotopic (exact) mass is 400 g/mol. The van der Waals surface area contributed by atoms with Crippen molar-refractivity contribution in [3.8, 4) is 0 Å². The fourth-order valence-corrected chi connectivity index (χ4v) is 4.72. The molecule has 1 rings (SSSR count). The predicted molar refractivity (Wildman–Crippen MR) is 80.3 cm³/mol. The predicted octanol–water partition coefficient (Wildman–Crippen LogP) is 1.07. The Kier molecular flexibility index (Phi) is 5.47. The molecule has 0 amide bonds. The highest BCUT2D eigenvalue weighted by Crippen LogP contribution is 2.27. The number of hydrogen-bond acceptors (Lipinski definition) is 6. The van der Waals surface area contributed by atoms with Crippen LogP contribution in [0.2, 0.25) is 0 Å². The maximum atomic E-state index is 12.2. The van der Waals surface area contributed by atoms with Crippen LogP contribution in [0.3, 0.4) is 0 Å². The van der Waals surface area contributed by atoms with E-state index in [4.69, 9.17) is 0 Å². The van der Waals surface area contributed by atoms with Crippen LogP contribution in [0.4, 0.5) is 5.69 Å². The summed E-state index contributed by atoms with van der Waals surface area (Å²) in [6.07, 6.45) is 0.972. The highest BCUT2D eigenvalue weighted by molar-refractivity contribution is 9.10. The van der Waals surface area contributed by atoms with Crippen LogP contribution in [-0.2, 0) is 19.9 Å². The smallest absolute Gasteiger partial charge is 0.258 e. The first-order valence-corrected chi connectivity index (χ1v) is 9.90. The van der Waals surface area contributed by atoms with Crippen LogP contribution < -0.4 is 4.72 Å². The summed E-state index contributed by atoms with van der Waals surface area (Å²) in [7, 11) is -7.60. The Hall–Kier alpha value is -1.04. The minimum atomic E-state index is -4.22. The maximum Gasteiger partial charge on any atom is 0.289 e. The average Bonchev–Trinajstić information content (AvgIpc) is 2.24. The van der Waals surface area contributed by atoms with Crippen molar-refractivity contribution in [1.82, 2.24) is 4.72 Å². The Balaban J connectivity index is 3.20. The molecule has 1 N–H and O–H groups in total. The molecule has 0 heterocycles. The average molecular weight is 401 g/mol. The molecule has 0 bridgehead atoms. The van der Waals surface area contributed by atoms with Crippen LogP contribution in [0.25, 0.3) is 0 Å². The molecule has 1 unspecified atom stereocenters. The summed E-state index contributed by atoms with van der Waals surface area (Å²) in [4.78, 5) is 9.55. The van der Waals surface area contributed by atoms with E-state index in [-0.39, 0.29) is 0 Å². The first-order valence-electron chi connectivity index (χ1n) is 5.56. The van der Waals surface area contributed by atoms with E-state index in [2.05, 4.69) is 20.7 Å². The van der Waals surface area contributed by atoms with E-state index in [1.807, 2.05) is 0 Å².